The second-order valence-corrected chi connectivity index (χ2v) is 4.96. The van der Waals surface area contributed by atoms with Gasteiger partial charge >= 0.3 is 5.97 Å². The minimum atomic E-state index is -1.05. The van der Waals surface area contributed by atoms with E-state index < -0.39 is 17.9 Å². The number of hydrogen-bond acceptors (Lipinski definition) is 3. The molecular formula is C14H18ClNO4. The van der Waals surface area contributed by atoms with Gasteiger partial charge in [-0.05, 0) is 24.1 Å². The molecule has 1 aromatic rings. The molecule has 0 aromatic heterocycles. The van der Waals surface area contributed by atoms with Crippen LogP contribution in [0.3, 0.4) is 0 Å². The predicted octanol–water partition coefficient (Wildman–Crippen LogP) is 2.58. The fourth-order valence-corrected chi connectivity index (χ4v) is 1.92. The fourth-order valence-electron chi connectivity index (χ4n) is 1.75. The molecule has 20 heavy (non-hydrogen) atoms. The summed E-state index contributed by atoms with van der Waals surface area (Å²) < 4.78 is 5.08. The summed E-state index contributed by atoms with van der Waals surface area (Å²) in [7, 11) is 1.42. The van der Waals surface area contributed by atoms with E-state index >= 15 is 0 Å². The molecular weight excluding hydrogens is 282 g/mol. The number of carboxylic acid groups (broad SMARTS) is 1. The summed E-state index contributed by atoms with van der Waals surface area (Å²) >= 11 is 5.82. The highest BCUT2D eigenvalue weighted by Gasteiger charge is 2.26. The van der Waals surface area contributed by atoms with Crippen LogP contribution in [0.25, 0.3) is 0 Å². The summed E-state index contributed by atoms with van der Waals surface area (Å²) in [5.74, 6) is -1.41. The van der Waals surface area contributed by atoms with E-state index in [1.807, 2.05) is 6.92 Å². The van der Waals surface area contributed by atoms with Crippen LogP contribution in [0.1, 0.15) is 30.6 Å². The molecule has 2 N–H and O–H groups in total. The van der Waals surface area contributed by atoms with Crippen LogP contribution < -0.4 is 10.1 Å². The maximum Gasteiger partial charge on any atom is 0.326 e. The second-order valence-electron chi connectivity index (χ2n) is 4.52. The quantitative estimate of drug-likeness (QED) is 0.846. The lowest BCUT2D eigenvalue weighted by Gasteiger charge is -2.20. The van der Waals surface area contributed by atoms with Crippen molar-refractivity contribution in [2.45, 2.75) is 26.3 Å². The lowest BCUT2D eigenvalue weighted by Crippen LogP contribution is -2.45. The van der Waals surface area contributed by atoms with Gasteiger partial charge in [0.25, 0.3) is 5.91 Å². The van der Waals surface area contributed by atoms with Crippen LogP contribution in [0.5, 0.6) is 5.75 Å². The molecule has 0 saturated carbocycles. The Bertz CT molecular complexity index is 504. The zero-order chi connectivity index (χ0) is 15.3. The molecule has 0 bridgehead atoms. The Hall–Kier alpha value is -1.75. The Kier molecular flexibility index (Phi) is 5.82. The molecule has 6 heteroatoms. The third-order valence-corrected chi connectivity index (χ3v) is 3.41. The van der Waals surface area contributed by atoms with Crippen LogP contribution in [0.15, 0.2) is 18.2 Å². The molecule has 0 aliphatic carbocycles. The highest BCUT2D eigenvalue weighted by molar-refractivity contribution is 6.30. The molecule has 0 fully saturated rings. The van der Waals surface area contributed by atoms with Crippen LogP contribution in [-0.2, 0) is 4.79 Å². The summed E-state index contributed by atoms with van der Waals surface area (Å²) in [6.45, 7) is 3.65. The summed E-state index contributed by atoms with van der Waals surface area (Å²) in [5.41, 5.74) is 0.256. The van der Waals surface area contributed by atoms with Crippen LogP contribution in [0.4, 0.5) is 0 Å². The first-order chi connectivity index (χ1) is 9.40. The van der Waals surface area contributed by atoms with Gasteiger partial charge in [-0.3, -0.25) is 4.79 Å². The molecule has 0 aliphatic heterocycles. The minimum absolute atomic E-state index is 0.172. The minimum Gasteiger partial charge on any atom is -0.496 e. The van der Waals surface area contributed by atoms with Gasteiger partial charge in [-0.25, -0.2) is 4.79 Å². The molecule has 0 unspecified atom stereocenters. The number of benzene rings is 1. The van der Waals surface area contributed by atoms with Gasteiger partial charge in [0.2, 0.25) is 0 Å². The first kappa shape index (κ1) is 16.3. The van der Waals surface area contributed by atoms with Crippen LogP contribution in [0, 0.1) is 5.92 Å². The van der Waals surface area contributed by atoms with E-state index in [0.29, 0.717) is 17.2 Å². The number of ether oxygens (including phenoxy) is 1. The van der Waals surface area contributed by atoms with Crippen LogP contribution in [-0.4, -0.2) is 30.1 Å². The maximum atomic E-state index is 12.2. The normalized spacial score (nSPS) is 13.4. The van der Waals surface area contributed by atoms with Crippen molar-refractivity contribution in [3.8, 4) is 5.75 Å². The average Bonchev–Trinajstić information content (AvgIpc) is 2.42. The zero-order valence-corrected chi connectivity index (χ0v) is 12.4. The van der Waals surface area contributed by atoms with Crippen molar-refractivity contribution in [2.75, 3.05) is 7.11 Å². The smallest absolute Gasteiger partial charge is 0.326 e. The number of rotatable bonds is 6. The Morgan fingerprint density at radius 1 is 1.45 bits per heavy atom. The number of carbonyl (C=O) groups is 2. The number of aliphatic carboxylic acids is 1. The highest BCUT2D eigenvalue weighted by Crippen LogP contribution is 2.23. The Labute approximate surface area is 122 Å². The van der Waals surface area contributed by atoms with E-state index in [1.165, 1.54) is 19.2 Å². The average molecular weight is 300 g/mol. The molecule has 1 rings (SSSR count). The van der Waals surface area contributed by atoms with Crippen molar-refractivity contribution in [2.24, 2.45) is 5.92 Å². The van der Waals surface area contributed by atoms with Gasteiger partial charge in [-0.15, -0.1) is 0 Å². The van der Waals surface area contributed by atoms with Crippen molar-refractivity contribution < 1.29 is 19.4 Å². The Morgan fingerprint density at radius 3 is 2.60 bits per heavy atom. The first-order valence-electron chi connectivity index (χ1n) is 6.27. The van der Waals surface area contributed by atoms with Gasteiger partial charge in [0, 0.05) is 5.02 Å². The van der Waals surface area contributed by atoms with Gasteiger partial charge in [-0.2, -0.15) is 0 Å². The van der Waals surface area contributed by atoms with Gasteiger partial charge in [0.1, 0.15) is 11.8 Å². The third kappa shape index (κ3) is 3.87. The van der Waals surface area contributed by atoms with E-state index in [1.54, 1.807) is 13.0 Å². The summed E-state index contributed by atoms with van der Waals surface area (Å²) in [4.78, 5) is 23.4. The predicted molar refractivity (Wildman–Crippen MR) is 76.3 cm³/mol. The first-order valence-corrected chi connectivity index (χ1v) is 6.65. The lowest BCUT2D eigenvalue weighted by atomic mass is 9.99. The van der Waals surface area contributed by atoms with Crippen LogP contribution in [0.2, 0.25) is 5.02 Å². The van der Waals surface area contributed by atoms with E-state index in [-0.39, 0.29) is 11.5 Å². The molecule has 0 saturated heterocycles. The number of methoxy groups -OCH3 is 1. The van der Waals surface area contributed by atoms with Gasteiger partial charge in [-0.1, -0.05) is 31.9 Å². The lowest BCUT2D eigenvalue weighted by molar-refractivity contribution is -0.140. The monoisotopic (exact) mass is 299 g/mol. The van der Waals surface area contributed by atoms with Crippen molar-refractivity contribution >= 4 is 23.5 Å². The van der Waals surface area contributed by atoms with Crippen LogP contribution >= 0.6 is 11.6 Å². The van der Waals surface area contributed by atoms with E-state index in [4.69, 9.17) is 16.3 Å². The van der Waals surface area contributed by atoms with E-state index in [2.05, 4.69) is 5.32 Å². The third-order valence-electron chi connectivity index (χ3n) is 3.17. The number of nitrogens with one attached hydrogen (secondary N) is 1. The molecule has 1 amide bonds. The molecule has 2 atom stereocenters. The number of halogens is 1. The maximum absolute atomic E-state index is 12.2. The Balaban J connectivity index is 2.97. The van der Waals surface area contributed by atoms with E-state index in [0.717, 1.165) is 0 Å². The van der Waals surface area contributed by atoms with Gasteiger partial charge in [0.15, 0.2) is 0 Å². The molecule has 1 aromatic carbocycles. The summed E-state index contributed by atoms with van der Waals surface area (Å²) in [6, 6.07) is 3.63. The Morgan fingerprint density at radius 2 is 2.10 bits per heavy atom. The zero-order valence-electron chi connectivity index (χ0n) is 11.6. The SMILES string of the molecule is CC[C@H](C)[C@H](NC(=O)c1ccc(Cl)cc1OC)C(=O)O. The number of amides is 1. The fraction of sp³-hybridized carbons (Fsp3) is 0.429. The summed E-state index contributed by atoms with van der Waals surface area (Å²) in [5, 5.41) is 12.1. The molecule has 0 heterocycles. The highest BCUT2D eigenvalue weighted by atomic mass is 35.5. The van der Waals surface area contributed by atoms with Gasteiger partial charge in [0.05, 0.1) is 12.7 Å². The molecule has 0 spiro atoms. The van der Waals surface area contributed by atoms with Crippen molar-refractivity contribution in [3.05, 3.63) is 28.8 Å². The number of hydrogen-bond donors (Lipinski definition) is 2. The molecule has 0 aliphatic rings. The number of carbonyl (C=O) groups excluding carboxylic acids is 1. The van der Waals surface area contributed by atoms with Crippen molar-refractivity contribution in [1.82, 2.24) is 5.32 Å². The van der Waals surface area contributed by atoms with Crippen molar-refractivity contribution in [1.29, 1.82) is 0 Å². The largest absolute Gasteiger partial charge is 0.496 e. The van der Waals surface area contributed by atoms with E-state index in [9.17, 15) is 14.7 Å². The van der Waals surface area contributed by atoms with Crippen molar-refractivity contribution in [3.63, 3.8) is 0 Å². The van der Waals surface area contributed by atoms with Gasteiger partial charge < -0.3 is 15.2 Å². The number of carboxylic acids is 1. The molecule has 5 nitrogen and oxygen atoms in total. The molecule has 110 valence electrons. The molecule has 0 radical (unpaired) electrons. The summed E-state index contributed by atoms with van der Waals surface area (Å²) in [6.07, 6.45) is 0.648. The standard InChI is InChI=1S/C14H18ClNO4/c1-4-8(2)12(14(18)19)16-13(17)10-6-5-9(15)7-11(10)20-3/h5-8,12H,4H2,1-3H3,(H,16,17)(H,18,19)/t8-,12-/m0/s1. The topological polar surface area (TPSA) is 75.6 Å². The second kappa shape index (κ2) is 7.14.